The van der Waals surface area contributed by atoms with Gasteiger partial charge < -0.3 is 0 Å². The van der Waals surface area contributed by atoms with Crippen molar-refractivity contribution in [1.82, 2.24) is 0 Å². The van der Waals surface area contributed by atoms with Gasteiger partial charge in [-0.1, -0.05) is 202 Å². The zero-order chi connectivity index (χ0) is 31.8. The minimum absolute atomic E-state index is 1.20. The summed E-state index contributed by atoms with van der Waals surface area (Å²) in [5.41, 5.74) is 2.98. The quantitative estimate of drug-likeness (QED) is 0.0537. The van der Waals surface area contributed by atoms with E-state index in [0.717, 1.165) is 0 Å². The van der Waals surface area contributed by atoms with Crippen LogP contribution in [0.2, 0.25) is 0 Å². The molecule has 0 fully saturated rings. The number of aryl methyl sites for hydroxylation is 2. The highest BCUT2D eigenvalue weighted by Gasteiger charge is 2.09. The van der Waals surface area contributed by atoms with Gasteiger partial charge in [-0.2, -0.15) is 0 Å². The van der Waals surface area contributed by atoms with Crippen LogP contribution in [0.15, 0.2) is 72.8 Å². The van der Waals surface area contributed by atoms with Crippen molar-refractivity contribution in [1.29, 1.82) is 0 Å². The Labute approximate surface area is 281 Å². The second-order valence-electron chi connectivity index (χ2n) is 14.4. The molecule has 0 aliphatic heterocycles. The third-order valence-corrected chi connectivity index (χ3v) is 10.6. The highest BCUT2D eigenvalue weighted by Crippen LogP contribution is 2.35. The number of hydrogen-bond donors (Lipinski definition) is 0. The average molecular weight is 615 g/mol. The van der Waals surface area contributed by atoms with Gasteiger partial charge in [0.15, 0.2) is 0 Å². The fourth-order valence-electron chi connectivity index (χ4n) is 7.75. The third-order valence-electron chi connectivity index (χ3n) is 10.6. The van der Waals surface area contributed by atoms with Crippen molar-refractivity contribution in [3.8, 4) is 0 Å². The SMILES string of the molecule is CCCCCCCCCCCCc1ccc2c(ccc3c2ccc2c4ccc(CCCCCCCCCCCC)cc4ccc23)c1. The first-order chi connectivity index (χ1) is 22.8. The molecule has 0 unspecified atom stereocenters. The monoisotopic (exact) mass is 614 g/mol. The first-order valence-corrected chi connectivity index (χ1v) is 19.6. The van der Waals surface area contributed by atoms with Gasteiger partial charge in [-0.3, -0.25) is 0 Å². The smallest absolute Gasteiger partial charge is 0.00987 e. The van der Waals surface area contributed by atoms with Crippen LogP contribution in [0.5, 0.6) is 0 Å². The van der Waals surface area contributed by atoms with Crippen molar-refractivity contribution in [3.63, 3.8) is 0 Å². The minimum atomic E-state index is 1.20. The summed E-state index contributed by atoms with van der Waals surface area (Å²) in [7, 11) is 0. The minimum Gasteiger partial charge on any atom is -0.0654 e. The number of fused-ring (bicyclic) bond motifs is 7. The Kier molecular flexibility index (Phi) is 14.3. The first kappa shape index (κ1) is 34.5. The molecule has 0 amide bonds. The van der Waals surface area contributed by atoms with Gasteiger partial charge in [0, 0.05) is 0 Å². The molecular weight excluding hydrogens is 553 g/mol. The molecule has 0 heterocycles. The van der Waals surface area contributed by atoms with Crippen LogP contribution in [0.1, 0.15) is 153 Å². The number of hydrogen-bond acceptors (Lipinski definition) is 0. The molecule has 5 rings (SSSR count). The molecule has 0 spiro atoms. The van der Waals surface area contributed by atoms with Crippen molar-refractivity contribution in [2.75, 3.05) is 0 Å². The van der Waals surface area contributed by atoms with E-state index in [1.165, 1.54) is 195 Å². The summed E-state index contributed by atoms with van der Waals surface area (Å²) in [5.74, 6) is 0. The van der Waals surface area contributed by atoms with Crippen LogP contribution in [-0.4, -0.2) is 0 Å². The average Bonchev–Trinajstić information content (AvgIpc) is 3.09. The van der Waals surface area contributed by atoms with Gasteiger partial charge in [0.2, 0.25) is 0 Å². The second kappa shape index (κ2) is 19.1. The summed E-state index contributed by atoms with van der Waals surface area (Å²) < 4.78 is 0. The maximum Gasteiger partial charge on any atom is -0.00987 e. The highest BCUT2D eigenvalue weighted by atomic mass is 14.1. The molecule has 0 aliphatic rings. The maximum atomic E-state index is 2.45. The van der Waals surface area contributed by atoms with Gasteiger partial charge in [0.05, 0.1) is 0 Å². The molecule has 5 aromatic rings. The van der Waals surface area contributed by atoms with Crippen molar-refractivity contribution in [2.24, 2.45) is 0 Å². The lowest BCUT2D eigenvalue weighted by Crippen LogP contribution is -1.89. The molecule has 0 atom stereocenters. The van der Waals surface area contributed by atoms with E-state index in [9.17, 15) is 0 Å². The van der Waals surface area contributed by atoms with E-state index in [4.69, 9.17) is 0 Å². The Morgan fingerprint density at radius 2 is 0.565 bits per heavy atom. The molecule has 0 aliphatic carbocycles. The topological polar surface area (TPSA) is 0 Å². The van der Waals surface area contributed by atoms with Crippen molar-refractivity contribution >= 4 is 43.1 Å². The Bertz CT molecular complexity index is 1500. The largest absolute Gasteiger partial charge is 0.0654 e. The summed E-state index contributed by atoms with van der Waals surface area (Å²) >= 11 is 0. The molecule has 0 saturated carbocycles. The fraction of sp³-hybridized carbons (Fsp3) is 0.522. The molecular formula is C46H62. The lowest BCUT2D eigenvalue weighted by molar-refractivity contribution is 0.556. The Hall–Kier alpha value is -2.86. The van der Waals surface area contributed by atoms with Gasteiger partial charge in [-0.15, -0.1) is 0 Å². The Balaban J connectivity index is 1.14. The van der Waals surface area contributed by atoms with Gasteiger partial charge in [-0.05, 0) is 79.9 Å². The van der Waals surface area contributed by atoms with Gasteiger partial charge in [0.1, 0.15) is 0 Å². The normalized spacial score (nSPS) is 11.9. The van der Waals surface area contributed by atoms with Gasteiger partial charge in [0.25, 0.3) is 0 Å². The van der Waals surface area contributed by atoms with E-state index >= 15 is 0 Å². The van der Waals surface area contributed by atoms with Crippen LogP contribution in [0.4, 0.5) is 0 Å². The molecule has 0 nitrogen and oxygen atoms in total. The Morgan fingerprint density at radius 1 is 0.283 bits per heavy atom. The summed E-state index contributed by atoms with van der Waals surface area (Å²) in [6.07, 6.45) is 30.4. The van der Waals surface area contributed by atoms with Crippen molar-refractivity contribution < 1.29 is 0 Å². The molecule has 0 heteroatoms. The van der Waals surface area contributed by atoms with Crippen molar-refractivity contribution in [3.05, 3.63) is 83.9 Å². The molecule has 5 aromatic carbocycles. The number of rotatable bonds is 22. The van der Waals surface area contributed by atoms with Gasteiger partial charge in [-0.25, -0.2) is 0 Å². The molecule has 0 radical (unpaired) electrons. The van der Waals surface area contributed by atoms with E-state index in [-0.39, 0.29) is 0 Å². The summed E-state index contributed by atoms with van der Waals surface area (Å²) in [5, 5.41) is 11.1. The predicted octanol–water partition coefficient (Wildman–Crippen LogP) is 15.2. The Morgan fingerprint density at radius 3 is 0.935 bits per heavy atom. The number of benzene rings is 5. The van der Waals surface area contributed by atoms with Crippen LogP contribution in [-0.2, 0) is 12.8 Å². The molecule has 0 N–H and O–H groups in total. The number of unbranched alkanes of at least 4 members (excludes halogenated alkanes) is 18. The predicted molar refractivity (Wildman–Crippen MR) is 208 cm³/mol. The fourth-order valence-corrected chi connectivity index (χ4v) is 7.75. The van der Waals surface area contributed by atoms with Crippen LogP contribution in [0, 0.1) is 0 Å². The molecule has 46 heavy (non-hydrogen) atoms. The maximum absolute atomic E-state index is 2.45. The van der Waals surface area contributed by atoms with E-state index in [1.54, 1.807) is 0 Å². The van der Waals surface area contributed by atoms with E-state index in [1.807, 2.05) is 0 Å². The summed E-state index contributed by atoms with van der Waals surface area (Å²) in [6.45, 7) is 4.60. The summed E-state index contributed by atoms with van der Waals surface area (Å²) in [4.78, 5) is 0. The lowest BCUT2D eigenvalue weighted by atomic mass is 9.92. The van der Waals surface area contributed by atoms with Crippen LogP contribution < -0.4 is 0 Å². The highest BCUT2D eigenvalue weighted by molar-refractivity contribution is 6.22. The van der Waals surface area contributed by atoms with E-state index in [0.29, 0.717) is 0 Å². The van der Waals surface area contributed by atoms with Crippen LogP contribution in [0.25, 0.3) is 43.1 Å². The van der Waals surface area contributed by atoms with E-state index in [2.05, 4.69) is 86.6 Å². The molecule has 246 valence electrons. The first-order valence-electron chi connectivity index (χ1n) is 19.6. The molecule has 0 saturated heterocycles. The standard InChI is InChI=1S/C46H62/c1-3-5-7-9-11-13-15-17-19-21-23-37-25-29-41-39(35-37)27-31-45-43(41)33-34-44-42-30-26-38(36-40(42)28-32-46(44)45)24-22-20-18-16-14-12-10-8-6-4-2/h25-36H,3-24H2,1-2H3. The van der Waals surface area contributed by atoms with E-state index < -0.39 is 0 Å². The zero-order valence-corrected chi connectivity index (χ0v) is 29.5. The lowest BCUT2D eigenvalue weighted by Gasteiger charge is -2.12. The second-order valence-corrected chi connectivity index (χ2v) is 14.4. The van der Waals surface area contributed by atoms with Crippen LogP contribution in [0.3, 0.4) is 0 Å². The molecule has 0 aromatic heterocycles. The van der Waals surface area contributed by atoms with Crippen molar-refractivity contribution in [2.45, 2.75) is 155 Å². The summed E-state index contributed by atoms with van der Waals surface area (Å²) in [6, 6.07) is 28.6. The van der Waals surface area contributed by atoms with Crippen LogP contribution >= 0.6 is 0 Å². The third kappa shape index (κ3) is 9.82. The molecule has 0 bridgehead atoms. The zero-order valence-electron chi connectivity index (χ0n) is 29.5. The van der Waals surface area contributed by atoms with Gasteiger partial charge >= 0.3 is 0 Å².